The molecule has 0 aliphatic heterocycles. The summed E-state index contributed by atoms with van der Waals surface area (Å²) in [6.07, 6.45) is 25.0. The zero-order chi connectivity index (χ0) is 24.7. The summed E-state index contributed by atoms with van der Waals surface area (Å²) in [6, 6.07) is 8.16. The van der Waals surface area contributed by atoms with Crippen molar-refractivity contribution in [1.29, 1.82) is 0 Å². The first-order valence-electron chi connectivity index (χ1n) is 14.7. The van der Waals surface area contributed by atoms with Gasteiger partial charge in [0.2, 0.25) is 0 Å². The first kappa shape index (κ1) is 31.1. The highest BCUT2D eigenvalue weighted by atomic mass is 32.2. The molecule has 0 spiro atoms. The number of hydrogen-bond donors (Lipinski definition) is 0. The third kappa shape index (κ3) is 15.1. The second-order valence-corrected chi connectivity index (χ2v) is 12.0. The van der Waals surface area contributed by atoms with Crippen LogP contribution in [0.25, 0.3) is 0 Å². The molecule has 0 heterocycles. The predicted molar refractivity (Wildman–Crippen MR) is 152 cm³/mol. The first-order chi connectivity index (χ1) is 16.7. The second-order valence-electron chi connectivity index (χ2n) is 9.77. The fourth-order valence-electron chi connectivity index (χ4n) is 4.56. The van der Waals surface area contributed by atoms with Crippen molar-refractivity contribution in [3.8, 4) is 0 Å². The van der Waals surface area contributed by atoms with Crippen LogP contribution in [0.1, 0.15) is 147 Å². The van der Waals surface area contributed by atoms with Crippen molar-refractivity contribution >= 4 is 16.9 Å². The van der Waals surface area contributed by atoms with Gasteiger partial charge in [0.15, 0.2) is 4.90 Å². The molecule has 0 aliphatic carbocycles. The fraction of sp³-hybridized carbons (Fsp3) is 0.774. The van der Waals surface area contributed by atoms with Gasteiger partial charge in [-0.3, -0.25) is 0 Å². The van der Waals surface area contributed by atoms with Gasteiger partial charge >= 0.3 is 5.97 Å². The van der Waals surface area contributed by atoms with E-state index < -0.39 is 0 Å². The van der Waals surface area contributed by atoms with Crippen LogP contribution in [0.2, 0.25) is 0 Å². The van der Waals surface area contributed by atoms with Crippen LogP contribution in [0.4, 0.5) is 0 Å². The molecule has 0 aliphatic rings. The van der Waals surface area contributed by atoms with Crippen molar-refractivity contribution in [1.82, 2.24) is 0 Å². The van der Waals surface area contributed by atoms with E-state index in [1.165, 1.54) is 132 Å². The van der Waals surface area contributed by atoms with Crippen LogP contribution in [0, 0.1) is 0 Å². The summed E-state index contributed by atoms with van der Waals surface area (Å²) < 4.78 is 5.32. The summed E-state index contributed by atoms with van der Waals surface area (Å²) in [5.41, 5.74) is 0.792. The van der Waals surface area contributed by atoms with Crippen molar-refractivity contribution in [3.05, 3.63) is 29.8 Å². The van der Waals surface area contributed by atoms with Gasteiger partial charge in [0.1, 0.15) is 17.1 Å². The summed E-state index contributed by atoms with van der Waals surface area (Å²) in [4.78, 5) is 13.7. The molecule has 1 unspecified atom stereocenters. The number of benzene rings is 1. The van der Waals surface area contributed by atoms with Crippen LogP contribution < -0.4 is 0 Å². The van der Waals surface area contributed by atoms with E-state index in [1.807, 2.05) is 19.1 Å². The Morgan fingerprint density at radius 2 is 1.06 bits per heavy atom. The molecule has 3 heteroatoms. The summed E-state index contributed by atoms with van der Waals surface area (Å²) in [7, 11) is 0.158. The number of esters is 1. The average molecular weight is 492 g/mol. The Labute approximate surface area is 215 Å². The molecule has 0 N–H and O–H groups in total. The zero-order valence-electron chi connectivity index (χ0n) is 22.9. The van der Waals surface area contributed by atoms with Crippen LogP contribution in [0.5, 0.6) is 0 Å². The molecule has 196 valence electrons. The molecule has 2 nitrogen and oxygen atoms in total. The minimum Gasteiger partial charge on any atom is -0.462 e. The van der Waals surface area contributed by atoms with Crippen LogP contribution in [-0.2, 0) is 15.6 Å². The van der Waals surface area contributed by atoms with Gasteiger partial charge in [-0.2, -0.15) is 0 Å². The topological polar surface area (TPSA) is 26.3 Å². The lowest BCUT2D eigenvalue weighted by atomic mass is 10.0. The highest BCUT2D eigenvalue weighted by Crippen LogP contribution is 2.23. The number of hydrogen-bond acceptors (Lipinski definition) is 2. The molecule has 1 atom stereocenters. The van der Waals surface area contributed by atoms with E-state index in [4.69, 9.17) is 4.74 Å². The molecule has 0 aromatic heterocycles. The maximum Gasteiger partial charge on any atom is 0.343 e. The van der Waals surface area contributed by atoms with Gasteiger partial charge in [0, 0.05) is 10.9 Å². The third-order valence-electron chi connectivity index (χ3n) is 6.68. The van der Waals surface area contributed by atoms with Gasteiger partial charge in [0.25, 0.3) is 0 Å². The van der Waals surface area contributed by atoms with E-state index in [2.05, 4.69) is 26.0 Å². The molecule has 0 amide bonds. The monoisotopic (exact) mass is 491 g/mol. The largest absolute Gasteiger partial charge is 0.462 e. The Morgan fingerprint density at radius 3 is 1.56 bits per heavy atom. The Balaban J connectivity index is 2.16. The molecule has 0 fully saturated rings. The van der Waals surface area contributed by atoms with Gasteiger partial charge < -0.3 is 4.74 Å². The van der Waals surface area contributed by atoms with Crippen molar-refractivity contribution in [2.45, 2.75) is 141 Å². The standard InChI is InChI=1S/C31H55O2S/c1-4-7-9-10-11-12-13-14-15-16-17-18-19-20-21-24-28-34(27-8-5-2)30-26-23-22-25-29(30)31(32)33-6-3/h22-23,25-26H,4-21,24,27-28H2,1-3H3/q+1. The molecular formula is C31H55O2S+. The van der Waals surface area contributed by atoms with Crippen LogP contribution in [0.3, 0.4) is 0 Å². The molecule has 1 rings (SSSR count). The van der Waals surface area contributed by atoms with Gasteiger partial charge in [0.05, 0.1) is 6.61 Å². The normalized spacial score (nSPS) is 12.1. The van der Waals surface area contributed by atoms with Gasteiger partial charge in [-0.15, -0.1) is 0 Å². The average Bonchev–Trinajstić information content (AvgIpc) is 2.85. The van der Waals surface area contributed by atoms with Crippen molar-refractivity contribution in [2.24, 2.45) is 0 Å². The number of unbranched alkanes of at least 4 members (excludes halogenated alkanes) is 16. The lowest BCUT2D eigenvalue weighted by Gasteiger charge is -2.12. The second kappa shape index (κ2) is 22.5. The molecule has 1 aromatic carbocycles. The van der Waals surface area contributed by atoms with E-state index in [1.54, 1.807) is 0 Å². The molecule has 34 heavy (non-hydrogen) atoms. The summed E-state index contributed by atoms with van der Waals surface area (Å²) in [5.74, 6) is 2.26. The Morgan fingerprint density at radius 1 is 0.618 bits per heavy atom. The Bertz CT molecular complexity index is 601. The smallest absolute Gasteiger partial charge is 0.343 e. The van der Waals surface area contributed by atoms with E-state index in [9.17, 15) is 4.79 Å². The minimum atomic E-state index is -0.154. The maximum atomic E-state index is 12.4. The van der Waals surface area contributed by atoms with E-state index in [-0.39, 0.29) is 16.9 Å². The summed E-state index contributed by atoms with van der Waals surface area (Å²) in [5, 5.41) is 0. The number of rotatable bonds is 23. The lowest BCUT2D eigenvalue weighted by molar-refractivity contribution is 0.0522. The number of carbonyl (C=O) groups excluding carboxylic acids is 1. The molecule has 0 radical (unpaired) electrons. The zero-order valence-corrected chi connectivity index (χ0v) is 23.7. The highest BCUT2D eigenvalue weighted by molar-refractivity contribution is 7.97. The molecule has 0 saturated heterocycles. The fourth-order valence-corrected chi connectivity index (χ4v) is 7.13. The van der Waals surface area contributed by atoms with Crippen molar-refractivity contribution < 1.29 is 9.53 Å². The lowest BCUT2D eigenvalue weighted by Crippen LogP contribution is -2.18. The molecule has 0 bridgehead atoms. The highest BCUT2D eigenvalue weighted by Gasteiger charge is 2.27. The van der Waals surface area contributed by atoms with Gasteiger partial charge in [-0.25, -0.2) is 4.79 Å². The van der Waals surface area contributed by atoms with Gasteiger partial charge in [-0.1, -0.05) is 122 Å². The molecule has 1 aromatic rings. The summed E-state index contributed by atoms with van der Waals surface area (Å²) in [6.45, 7) is 6.87. The summed E-state index contributed by atoms with van der Waals surface area (Å²) >= 11 is 0. The SMILES string of the molecule is CCCCCCCCCCCCCCCCCC[S+](CCCC)c1ccccc1C(=O)OCC. The van der Waals surface area contributed by atoms with Crippen molar-refractivity contribution in [2.75, 3.05) is 18.1 Å². The Hall–Kier alpha value is -0.960. The van der Waals surface area contributed by atoms with Crippen LogP contribution in [-0.4, -0.2) is 24.1 Å². The molecule has 0 saturated carbocycles. The quantitative estimate of drug-likeness (QED) is 0.0864. The maximum absolute atomic E-state index is 12.4. The van der Waals surface area contributed by atoms with Crippen LogP contribution in [0.15, 0.2) is 29.2 Å². The van der Waals surface area contributed by atoms with E-state index in [0.29, 0.717) is 6.61 Å². The molecular weight excluding hydrogens is 436 g/mol. The van der Waals surface area contributed by atoms with E-state index in [0.717, 1.165) is 5.56 Å². The first-order valence-corrected chi connectivity index (χ1v) is 16.2. The third-order valence-corrected chi connectivity index (χ3v) is 9.22. The van der Waals surface area contributed by atoms with Crippen molar-refractivity contribution in [3.63, 3.8) is 0 Å². The number of carbonyl (C=O) groups is 1. The predicted octanol–water partition coefficient (Wildman–Crippen LogP) is 9.90. The number of ether oxygens (including phenoxy) is 1. The van der Waals surface area contributed by atoms with Gasteiger partial charge in [-0.05, 0) is 38.3 Å². The minimum absolute atomic E-state index is 0.154. The van der Waals surface area contributed by atoms with E-state index >= 15 is 0 Å². The Kier molecular flexibility index (Phi) is 20.6. The van der Waals surface area contributed by atoms with Crippen LogP contribution >= 0.6 is 0 Å².